The molecule has 1 fully saturated rings. The average molecular weight is 214 g/mol. The molecule has 15 heavy (non-hydrogen) atoms. The van der Waals surface area contributed by atoms with E-state index in [1.54, 1.807) is 0 Å². The summed E-state index contributed by atoms with van der Waals surface area (Å²) in [6, 6.07) is 0. The van der Waals surface area contributed by atoms with Crippen molar-refractivity contribution in [2.24, 2.45) is 23.6 Å². The van der Waals surface area contributed by atoms with Gasteiger partial charge in [0.15, 0.2) is 0 Å². The van der Waals surface area contributed by atoms with Crippen LogP contribution in [0.3, 0.4) is 0 Å². The van der Waals surface area contributed by atoms with Crippen LogP contribution in [0.1, 0.15) is 40.0 Å². The smallest absolute Gasteiger partial charge is 0.421 e. The molecule has 0 spiro atoms. The van der Waals surface area contributed by atoms with Crippen molar-refractivity contribution in [2.45, 2.75) is 46.1 Å². The number of carbonyl (C=O) groups is 1. The van der Waals surface area contributed by atoms with Crippen molar-refractivity contribution < 1.29 is 9.53 Å². The fraction of sp³-hybridized carbons (Fsp3) is 0.909. The van der Waals surface area contributed by atoms with Crippen molar-refractivity contribution in [3.05, 3.63) is 0 Å². The van der Waals surface area contributed by atoms with Crippen molar-refractivity contribution in [3.8, 4) is 0 Å². The SMILES string of the molecule is CC(C)[C@H]1CC[C@H](C)C[C@H]1OC(=O)NN. The highest BCUT2D eigenvalue weighted by atomic mass is 16.6. The Kier molecular flexibility index (Phi) is 4.39. The van der Waals surface area contributed by atoms with Crippen LogP contribution in [0, 0.1) is 17.8 Å². The van der Waals surface area contributed by atoms with Gasteiger partial charge in [0, 0.05) is 0 Å². The molecule has 0 aromatic heterocycles. The molecule has 4 nitrogen and oxygen atoms in total. The molecule has 1 amide bonds. The van der Waals surface area contributed by atoms with Crippen LogP contribution in [0.15, 0.2) is 0 Å². The number of hydrogen-bond donors (Lipinski definition) is 2. The molecular formula is C11H22N2O2. The van der Waals surface area contributed by atoms with Gasteiger partial charge in [-0.3, -0.25) is 5.43 Å². The van der Waals surface area contributed by atoms with Crippen LogP contribution in [-0.4, -0.2) is 12.2 Å². The predicted molar refractivity (Wildman–Crippen MR) is 58.9 cm³/mol. The van der Waals surface area contributed by atoms with Crippen molar-refractivity contribution in [2.75, 3.05) is 0 Å². The second-order valence-electron chi connectivity index (χ2n) is 4.91. The minimum Gasteiger partial charge on any atom is -0.445 e. The lowest BCUT2D eigenvalue weighted by Gasteiger charge is -2.36. The first-order chi connectivity index (χ1) is 7.04. The third-order valence-corrected chi connectivity index (χ3v) is 3.34. The predicted octanol–water partition coefficient (Wildman–Crippen LogP) is 2.05. The molecule has 1 aliphatic rings. The third kappa shape index (κ3) is 3.38. The molecule has 0 aromatic rings. The average Bonchev–Trinajstić information content (AvgIpc) is 2.17. The highest BCUT2D eigenvalue weighted by Crippen LogP contribution is 2.35. The van der Waals surface area contributed by atoms with E-state index in [0.29, 0.717) is 17.8 Å². The van der Waals surface area contributed by atoms with Crippen LogP contribution >= 0.6 is 0 Å². The topological polar surface area (TPSA) is 64.3 Å². The molecule has 3 atom stereocenters. The summed E-state index contributed by atoms with van der Waals surface area (Å²) in [7, 11) is 0. The van der Waals surface area contributed by atoms with E-state index >= 15 is 0 Å². The second-order valence-corrected chi connectivity index (χ2v) is 4.91. The molecule has 0 aromatic carbocycles. The molecular weight excluding hydrogens is 192 g/mol. The molecule has 0 bridgehead atoms. The summed E-state index contributed by atoms with van der Waals surface area (Å²) in [4.78, 5) is 11.1. The number of hydrogen-bond acceptors (Lipinski definition) is 3. The van der Waals surface area contributed by atoms with Gasteiger partial charge in [0.2, 0.25) is 0 Å². The summed E-state index contributed by atoms with van der Waals surface area (Å²) >= 11 is 0. The van der Waals surface area contributed by atoms with Crippen molar-refractivity contribution in [1.82, 2.24) is 5.43 Å². The first-order valence-electron chi connectivity index (χ1n) is 5.71. The Labute approximate surface area is 91.5 Å². The van der Waals surface area contributed by atoms with Crippen LogP contribution in [0.25, 0.3) is 0 Å². The number of nitrogens with two attached hydrogens (primary N) is 1. The van der Waals surface area contributed by atoms with Crippen molar-refractivity contribution >= 4 is 6.09 Å². The van der Waals surface area contributed by atoms with Crippen LogP contribution in [-0.2, 0) is 4.74 Å². The summed E-state index contributed by atoms with van der Waals surface area (Å²) in [5.74, 6) is 6.68. The lowest BCUT2D eigenvalue weighted by Crippen LogP contribution is -2.40. The fourth-order valence-corrected chi connectivity index (χ4v) is 2.42. The number of amides is 1. The first kappa shape index (κ1) is 12.3. The molecule has 4 heteroatoms. The number of rotatable bonds is 2. The first-order valence-corrected chi connectivity index (χ1v) is 5.71. The number of carbonyl (C=O) groups excluding carboxylic acids is 1. The van der Waals surface area contributed by atoms with Gasteiger partial charge >= 0.3 is 6.09 Å². The van der Waals surface area contributed by atoms with Gasteiger partial charge in [-0.25, -0.2) is 10.6 Å². The minimum atomic E-state index is -0.514. The zero-order valence-electron chi connectivity index (χ0n) is 9.82. The normalized spacial score (nSPS) is 31.4. The maximum Gasteiger partial charge on any atom is 0.421 e. The summed E-state index contributed by atoms with van der Waals surface area (Å²) in [6.07, 6.45) is 2.84. The quantitative estimate of drug-likeness (QED) is 0.420. The molecule has 1 aliphatic carbocycles. The molecule has 1 saturated carbocycles. The largest absolute Gasteiger partial charge is 0.445 e. The van der Waals surface area contributed by atoms with Gasteiger partial charge in [-0.15, -0.1) is 0 Å². The van der Waals surface area contributed by atoms with E-state index in [0.717, 1.165) is 12.8 Å². The van der Waals surface area contributed by atoms with Gasteiger partial charge < -0.3 is 4.74 Å². The Morgan fingerprint density at radius 3 is 2.67 bits per heavy atom. The Balaban J connectivity index is 2.57. The third-order valence-electron chi connectivity index (χ3n) is 3.34. The van der Waals surface area contributed by atoms with Crippen molar-refractivity contribution in [1.29, 1.82) is 0 Å². The van der Waals surface area contributed by atoms with E-state index in [9.17, 15) is 4.79 Å². The fourth-order valence-electron chi connectivity index (χ4n) is 2.42. The zero-order chi connectivity index (χ0) is 11.4. The van der Waals surface area contributed by atoms with Crippen molar-refractivity contribution in [3.63, 3.8) is 0 Å². The van der Waals surface area contributed by atoms with E-state index < -0.39 is 6.09 Å². The van der Waals surface area contributed by atoms with Gasteiger partial charge in [-0.1, -0.05) is 27.2 Å². The van der Waals surface area contributed by atoms with Crippen LogP contribution in [0.2, 0.25) is 0 Å². The maximum absolute atomic E-state index is 11.1. The Morgan fingerprint density at radius 1 is 1.47 bits per heavy atom. The Hall–Kier alpha value is -0.770. The van der Waals surface area contributed by atoms with Gasteiger partial charge in [-0.05, 0) is 30.6 Å². The van der Waals surface area contributed by atoms with E-state index in [-0.39, 0.29) is 6.10 Å². The van der Waals surface area contributed by atoms with Gasteiger partial charge in [0.25, 0.3) is 0 Å². The van der Waals surface area contributed by atoms with E-state index in [4.69, 9.17) is 10.6 Å². The van der Waals surface area contributed by atoms with Gasteiger partial charge in [0.05, 0.1) is 0 Å². The molecule has 1 rings (SSSR count). The van der Waals surface area contributed by atoms with Crippen LogP contribution in [0.5, 0.6) is 0 Å². The highest BCUT2D eigenvalue weighted by molar-refractivity contribution is 5.66. The van der Waals surface area contributed by atoms with E-state index in [1.165, 1.54) is 6.42 Å². The summed E-state index contributed by atoms with van der Waals surface area (Å²) in [5.41, 5.74) is 2.03. The lowest BCUT2D eigenvalue weighted by atomic mass is 9.75. The number of nitrogens with one attached hydrogen (secondary N) is 1. The highest BCUT2D eigenvalue weighted by Gasteiger charge is 2.33. The van der Waals surface area contributed by atoms with Gasteiger partial charge in [-0.2, -0.15) is 0 Å². The second kappa shape index (κ2) is 5.35. The molecule has 88 valence electrons. The Bertz CT molecular complexity index is 219. The zero-order valence-corrected chi connectivity index (χ0v) is 9.82. The van der Waals surface area contributed by atoms with Crippen LogP contribution < -0.4 is 11.3 Å². The molecule has 0 aliphatic heterocycles. The lowest BCUT2D eigenvalue weighted by molar-refractivity contribution is 0.00622. The molecule has 0 radical (unpaired) electrons. The minimum absolute atomic E-state index is 0.0253. The van der Waals surface area contributed by atoms with Crippen LogP contribution in [0.4, 0.5) is 4.79 Å². The molecule has 0 unspecified atom stereocenters. The van der Waals surface area contributed by atoms with E-state index in [1.807, 2.05) is 5.43 Å². The monoisotopic (exact) mass is 214 g/mol. The molecule has 0 heterocycles. The number of hydrazine groups is 1. The summed E-state index contributed by atoms with van der Waals surface area (Å²) in [6.45, 7) is 6.56. The molecule has 0 saturated heterocycles. The number of ether oxygens (including phenoxy) is 1. The summed E-state index contributed by atoms with van der Waals surface area (Å²) < 4.78 is 5.31. The molecule has 3 N–H and O–H groups in total. The standard InChI is InChI=1S/C11H22N2O2/c1-7(2)9-5-4-8(3)6-10(9)15-11(14)13-12/h7-10H,4-6,12H2,1-3H3,(H,13,14)/t8-,9+,10+/m0/s1. The maximum atomic E-state index is 11.1. The van der Waals surface area contributed by atoms with Gasteiger partial charge in [0.1, 0.15) is 6.10 Å². The summed E-state index contributed by atoms with van der Waals surface area (Å²) in [5, 5.41) is 0. The Morgan fingerprint density at radius 2 is 2.13 bits per heavy atom. The van der Waals surface area contributed by atoms with E-state index in [2.05, 4.69) is 20.8 Å².